The van der Waals surface area contributed by atoms with Gasteiger partial charge in [0.2, 0.25) is 0 Å². The van der Waals surface area contributed by atoms with Crippen molar-refractivity contribution in [1.29, 1.82) is 0 Å². The van der Waals surface area contributed by atoms with Crippen LogP contribution in [-0.4, -0.2) is 11.7 Å². The summed E-state index contributed by atoms with van der Waals surface area (Å²) in [6.45, 7) is 0. The first kappa shape index (κ1) is 19.9. The van der Waals surface area contributed by atoms with Gasteiger partial charge in [-0.1, -0.05) is 19.3 Å². The Balaban J connectivity index is 1.80. The average molecular weight is 393 g/mol. The number of nitrogens with two attached hydrogens (primary N) is 1. The first-order chi connectivity index (χ1) is 12.5. The van der Waals surface area contributed by atoms with Gasteiger partial charge in [0.05, 0.1) is 23.0 Å². The van der Waals surface area contributed by atoms with Gasteiger partial charge in [0.1, 0.15) is 0 Å². The quantitative estimate of drug-likeness (QED) is 0.659. The number of benzene rings is 1. The normalized spacial score (nSPS) is 22.8. The maximum absolute atomic E-state index is 13.0. The van der Waals surface area contributed by atoms with E-state index in [0.29, 0.717) is 6.42 Å². The molecule has 0 spiro atoms. The molecule has 0 radical (unpaired) electrons. The third-order valence-corrected chi connectivity index (χ3v) is 5.12. The highest BCUT2D eigenvalue weighted by atomic mass is 19.4. The zero-order chi connectivity index (χ0) is 19.9. The Morgan fingerprint density at radius 1 is 0.926 bits per heavy atom. The van der Waals surface area contributed by atoms with Gasteiger partial charge in [-0.15, -0.1) is 0 Å². The largest absolute Gasteiger partial charge is 0.416 e. The van der Waals surface area contributed by atoms with E-state index in [1.807, 2.05) is 0 Å². The number of alkyl halides is 6. The van der Waals surface area contributed by atoms with Crippen molar-refractivity contribution < 1.29 is 26.3 Å². The summed E-state index contributed by atoms with van der Waals surface area (Å²) < 4.78 is 78.1. The van der Waals surface area contributed by atoms with Gasteiger partial charge in [0.15, 0.2) is 0 Å². The van der Waals surface area contributed by atoms with Crippen LogP contribution >= 0.6 is 0 Å². The van der Waals surface area contributed by atoms with Crippen LogP contribution in [0.25, 0.3) is 5.70 Å². The average Bonchev–Trinajstić information content (AvgIpc) is 3.01. The lowest BCUT2D eigenvalue weighted by molar-refractivity contribution is -0.143. The Hall–Kier alpha value is -1.90. The molecule has 2 aliphatic rings. The van der Waals surface area contributed by atoms with Crippen molar-refractivity contribution in [3.05, 3.63) is 41.1 Å². The summed E-state index contributed by atoms with van der Waals surface area (Å²) in [5.41, 5.74) is 3.37. The molecule has 1 fully saturated rings. The third kappa shape index (κ3) is 4.69. The minimum absolute atomic E-state index is 0.126. The summed E-state index contributed by atoms with van der Waals surface area (Å²) >= 11 is 0. The first-order valence-corrected chi connectivity index (χ1v) is 8.78. The topological polar surface area (TPSA) is 50.1 Å². The molecule has 1 aromatic carbocycles. The molecule has 1 saturated carbocycles. The molecule has 1 heterocycles. The van der Waals surface area contributed by atoms with Gasteiger partial charge in [0.25, 0.3) is 0 Å². The third-order valence-electron chi connectivity index (χ3n) is 5.12. The van der Waals surface area contributed by atoms with E-state index >= 15 is 0 Å². The molecule has 0 amide bonds. The number of hydrogen-bond donors (Lipinski definition) is 3. The minimum Gasteiger partial charge on any atom is -0.370 e. The molecule has 1 aliphatic heterocycles. The minimum atomic E-state index is -4.87. The highest BCUT2D eigenvalue weighted by molar-refractivity contribution is 5.67. The van der Waals surface area contributed by atoms with E-state index in [2.05, 4.69) is 10.6 Å². The van der Waals surface area contributed by atoms with Crippen LogP contribution in [0.1, 0.15) is 55.2 Å². The Bertz CT molecular complexity index is 685. The van der Waals surface area contributed by atoms with Crippen LogP contribution in [0, 0.1) is 0 Å². The number of nitrogens with one attached hydrogen (secondary N) is 2. The summed E-state index contributed by atoms with van der Waals surface area (Å²) in [4.78, 5) is 0. The molecule has 1 unspecified atom stereocenters. The molecule has 1 aliphatic carbocycles. The second kappa shape index (κ2) is 6.92. The molecular formula is C18H21F6N3. The fourth-order valence-electron chi connectivity index (χ4n) is 3.71. The fraction of sp³-hybridized carbons (Fsp3) is 0.556. The summed E-state index contributed by atoms with van der Waals surface area (Å²) in [6.07, 6.45) is -3.25. The Kier molecular flexibility index (Phi) is 5.09. The lowest BCUT2D eigenvalue weighted by Crippen LogP contribution is -2.49. The van der Waals surface area contributed by atoms with E-state index in [4.69, 9.17) is 5.73 Å². The zero-order valence-corrected chi connectivity index (χ0v) is 14.5. The SMILES string of the molecule is NC1(CC2NC=C(c3cc(C(F)(F)F)cc(C(F)(F)F)c3)N2)CCCCC1. The Morgan fingerprint density at radius 2 is 1.48 bits per heavy atom. The maximum atomic E-state index is 13.0. The predicted molar refractivity (Wildman–Crippen MR) is 89.1 cm³/mol. The maximum Gasteiger partial charge on any atom is 0.416 e. The molecular weight excluding hydrogens is 372 g/mol. The fourth-order valence-corrected chi connectivity index (χ4v) is 3.71. The van der Waals surface area contributed by atoms with Crippen LogP contribution in [-0.2, 0) is 12.4 Å². The van der Waals surface area contributed by atoms with E-state index in [9.17, 15) is 26.3 Å². The smallest absolute Gasteiger partial charge is 0.370 e. The van der Waals surface area contributed by atoms with Crippen LogP contribution in [0.5, 0.6) is 0 Å². The molecule has 0 aromatic heterocycles. The molecule has 0 bridgehead atoms. The summed E-state index contributed by atoms with van der Waals surface area (Å²) in [5, 5.41) is 5.95. The monoisotopic (exact) mass is 393 g/mol. The van der Waals surface area contributed by atoms with Crippen molar-refractivity contribution in [2.24, 2.45) is 5.73 Å². The van der Waals surface area contributed by atoms with Crippen LogP contribution in [0.15, 0.2) is 24.4 Å². The molecule has 150 valence electrons. The molecule has 1 atom stereocenters. The van der Waals surface area contributed by atoms with Crippen LogP contribution in [0.3, 0.4) is 0 Å². The number of halogens is 6. The van der Waals surface area contributed by atoms with Crippen LogP contribution in [0.4, 0.5) is 26.3 Å². The van der Waals surface area contributed by atoms with Crippen LogP contribution in [0.2, 0.25) is 0 Å². The summed E-state index contributed by atoms with van der Waals surface area (Å²) in [6, 6.07) is 1.56. The molecule has 3 nitrogen and oxygen atoms in total. The Labute approximate surface area is 153 Å². The van der Waals surface area contributed by atoms with E-state index < -0.39 is 23.5 Å². The van der Waals surface area contributed by atoms with Crippen molar-refractivity contribution >= 4 is 5.70 Å². The molecule has 0 saturated heterocycles. The summed E-state index contributed by atoms with van der Waals surface area (Å²) in [5.74, 6) is 0. The van der Waals surface area contributed by atoms with Gasteiger partial charge in [0, 0.05) is 23.7 Å². The molecule has 9 heteroatoms. The van der Waals surface area contributed by atoms with E-state index in [1.54, 1.807) is 0 Å². The molecule has 4 N–H and O–H groups in total. The van der Waals surface area contributed by atoms with Gasteiger partial charge >= 0.3 is 12.4 Å². The zero-order valence-electron chi connectivity index (χ0n) is 14.5. The van der Waals surface area contributed by atoms with Crippen molar-refractivity contribution in [3.63, 3.8) is 0 Å². The standard InChI is InChI=1S/C18H21F6N3/c19-17(20,21)12-6-11(7-13(8-12)18(22,23)24)14-10-26-15(27-14)9-16(25)4-2-1-3-5-16/h6-8,10,15,26-27H,1-5,9,25H2. The van der Waals surface area contributed by atoms with Crippen molar-refractivity contribution in [1.82, 2.24) is 10.6 Å². The van der Waals surface area contributed by atoms with Gasteiger partial charge in [-0.25, -0.2) is 0 Å². The van der Waals surface area contributed by atoms with Gasteiger partial charge in [-0.05, 0) is 31.0 Å². The van der Waals surface area contributed by atoms with Gasteiger partial charge < -0.3 is 16.4 Å². The van der Waals surface area contributed by atoms with Crippen molar-refractivity contribution in [2.45, 2.75) is 62.6 Å². The molecule has 27 heavy (non-hydrogen) atoms. The lowest BCUT2D eigenvalue weighted by atomic mass is 9.79. The van der Waals surface area contributed by atoms with E-state index in [0.717, 1.165) is 44.2 Å². The second-order valence-corrected chi connectivity index (χ2v) is 7.34. The highest BCUT2D eigenvalue weighted by Gasteiger charge is 2.38. The van der Waals surface area contributed by atoms with Crippen molar-refractivity contribution in [3.8, 4) is 0 Å². The predicted octanol–water partition coefficient (Wildman–Crippen LogP) is 4.59. The first-order valence-electron chi connectivity index (χ1n) is 8.78. The Morgan fingerprint density at radius 3 is 2.00 bits per heavy atom. The van der Waals surface area contributed by atoms with E-state index in [1.165, 1.54) is 6.20 Å². The highest BCUT2D eigenvalue weighted by Crippen LogP contribution is 2.38. The number of rotatable bonds is 3. The van der Waals surface area contributed by atoms with Crippen LogP contribution < -0.4 is 16.4 Å². The lowest BCUT2D eigenvalue weighted by Gasteiger charge is -2.35. The molecule has 1 aromatic rings. The van der Waals surface area contributed by atoms with Gasteiger partial charge in [-0.2, -0.15) is 26.3 Å². The second-order valence-electron chi connectivity index (χ2n) is 7.34. The number of hydrogen-bond acceptors (Lipinski definition) is 3. The van der Waals surface area contributed by atoms with Gasteiger partial charge in [-0.3, -0.25) is 0 Å². The van der Waals surface area contributed by atoms with E-state index in [-0.39, 0.29) is 29.0 Å². The molecule has 3 rings (SSSR count). The summed E-state index contributed by atoms with van der Waals surface area (Å²) in [7, 11) is 0. The van der Waals surface area contributed by atoms with Crippen molar-refractivity contribution in [2.75, 3.05) is 0 Å².